The Bertz CT molecular complexity index is 911. The van der Waals surface area contributed by atoms with Crippen molar-refractivity contribution < 1.29 is 9.53 Å². The van der Waals surface area contributed by atoms with Gasteiger partial charge in [0, 0.05) is 6.54 Å². The van der Waals surface area contributed by atoms with Crippen LogP contribution in [0.5, 0.6) is 11.5 Å². The lowest BCUT2D eigenvalue weighted by Gasteiger charge is -2.08. The maximum atomic E-state index is 11.2. The number of benzene rings is 3. The van der Waals surface area contributed by atoms with Crippen LogP contribution in [-0.4, -0.2) is 12.5 Å². The number of nitrogens with one attached hydrogen (secondary N) is 1. The highest BCUT2D eigenvalue weighted by atomic mass is 16.5. The summed E-state index contributed by atoms with van der Waals surface area (Å²) in [6.07, 6.45) is 0.617. The molecule has 0 unspecified atom stereocenters. The zero-order valence-corrected chi connectivity index (χ0v) is 13.7. The molecule has 0 bridgehead atoms. The number of hydrogen-bond donors (Lipinski definition) is 1. The van der Waals surface area contributed by atoms with E-state index in [1.165, 1.54) is 5.39 Å². The predicted octanol–water partition coefficient (Wildman–Crippen LogP) is 4.20. The summed E-state index contributed by atoms with van der Waals surface area (Å²) < 4.78 is 5.91. The molecule has 0 aliphatic carbocycles. The number of ether oxygens (including phenoxy) is 1. The van der Waals surface area contributed by atoms with Gasteiger partial charge < -0.3 is 10.1 Å². The van der Waals surface area contributed by atoms with E-state index in [1.54, 1.807) is 0 Å². The van der Waals surface area contributed by atoms with Crippen molar-refractivity contribution in [2.24, 2.45) is 0 Å². The van der Waals surface area contributed by atoms with Crippen molar-refractivity contribution in [2.75, 3.05) is 6.54 Å². The van der Waals surface area contributed by atoms with E-state index in [4.69, 9.17) is 10.00 Å². The van der Waals surface area contributed by atoms with Gasteiger partial charge in [0.1, 0.15) is 17.9 Å². The summed E-state index contributed by atoms with van der Waals surface area (Å²) in [5, 5.41) is 13.5. The molecule has 0 radical (unpaired) electrons. The highest BCUT2D eigenvalue weighted by molar-refractivity contribution is 5.83. The summed E-state index contributed by atoms with van der Waals surface area (Å²) in [6.45, 7) is 0.519. The SMILES string of the molecule is N#CCC(=O)NCCc1ccc(Oc2ccc3ccccc3c2)cc1. The van der Waals surface area contributed by atoms with Gasteiger partial charge in [-0.3, -0.25) is 4.79 Å². The Morgan fingerprint density at radius 3 is 2.44 bits per heavy atom. The Labute approximate surface area is 146 Å². The van der Waals surface area contributed by atoms with Crippen LogP contribution in [-0.2, 0) is 11.2 Å². The molecule has 1 N–H and O–H groups in total. The molecule has 0 spiro atoms. The number of fused-ring (bicyclic) bond motifs is 1. The molecule has 0 saturated carbocycles. The maximum Gasteiger partial charge on any atom is 0.234 e. The molecule has 0 atom stereocenters. The Hall–Kier alpha value is -3.32. The largest absolute Gasteiger partial charge is 0.457 e. The number of nitriles is 1. The zero-order chi connectivity index (χ0) is 17.5. The molecule has 25 heavy (non-hydrogen) atoms. The van der Waals surface area contributed by atoms with E-state index < -0.39 is 0 Å². The van der Waals surface area contributed by atoms with E-state index in [1.807, 2.05) is 60.7 Å². The third kappa shape index (κ3) is 4.58. The van der Waals surface area contributed by atoms with Crippen molar-refractivity contribution in [3.63, 3.8) is 0 Å². The Balaban J connectivity index is 1.58. The topological polar surface area (TPSA) is 62.1 Å². The minimum absolute atomic E-state index is 0.0987. The van der Waals surface area contributed by atoms with Crippen LogP contribution in [0.2, 0.25) is 0 Å². The lowest BCUT2D eigenvalue weighted by Crippen LogP contribution is -2.24. The standard InChI is InChI=1S/C21H18N2O2/c22-13-11-21(24)23-14-12-16-5-8-19(9-6-16)25-20-10-7-17-3-1-2-4-18(17)15-20/h1-10,15H,11-12,14H2,(H,23,24). The molecule has 0 aliphatic rings. The first-order valence-electron chi connectivity index (χ1n) is 8.14. The second-order valence-electron chi connectivity index (χ2n) is 5.69. The maximum absolute atomic E-state index is 11.2. The fraction of sp³-hybridized carbons (Fsp3) is 0.143. The monoisotopic (exact) mass is 330 g/mol. The quantitative estimate of drug-likeness (QED) is 0.736. The van der Waals surface area contributed by atoms with Crippen LogP contribution in [0.15, 0.2) is 66.7 Å². The van der Waals surface area contributed by atoms with Crippen LogP contribution >= 0.6 is 0 Å². The van der Waals surface area contributed by atoms with Gasteiger partial charge in [-0.05, 0) is 47.0 Å². The van der Waals surface area contributed by atoms with Gasteiger partial charge in [-0.15, -0.1) is 0 Å². The van der Waals surface area contributed by atoms with Gasteiger partial charge in [0.15, 0.2) is 0 Å². The molecule has 1 amide bonds. The van der Waals surface area contributed by atoms with Crippen molar-refractivity contribution in [3.05, 3.63) is 72.3 Å². The van der Waals surface area contributed by atoms with Crippen molar-refractivity contribution in [1.29, 1.82) is 5.26 Å². The molecule has 3 rings (SSSR count). The lowest BCUT2D eigenvalue weighted by atomic mass is 10.1. The third-order valence-corrected chi connectivity index (χ3v) is 3.86. The molecule has 124 valence electrons. The molecule has 0 aliphatic heterocycles. The Morgan fingerprint density at radius 2 is 1.68 bits per heavy atom. The number of rotatable bonds is 6. The molecule has 0 heterocycles. The molecule has 3 aromatic rings. The molecule has 3 aromatic carbocycles. The predicted molar refractivity (Wildman–Crippen MR) is 97.4 cm³/mol. The van der Waals surface area contributed by atoms with Crippen LogP contribution in [0.25, 0.3) is 10.8 Å². The fourth-order valence-electron chi connectivity index (χ4n) is 2.57. The van der Waals surface area contributed by atoms with Gasteiger partial charge in [-0.25, -0.2) is 0 Å². The van der Waals surface area contributed by atoms with E-state index in [9.17, 15) is 4.79 Å². The van der Waals surface area contributed by atoms with Gasteiger partial charge in [0.2, 0.25) is 5.91 Å². The average Bonchev–Trinajstić information content (AvgIpc) is 2.63. The molecular formula is C21H18N2O2. The van der Waals surface area contributed by atoms with Crippen molar-refractivity contribution >= 4 is 16.7 Å². The first-order valence-corrected chi connectivity index (χ1v) is 8.14. The number of carbonyl (C=O) groups excluding carboxylic acids is 1. The molecule has 4 nitrogen and oxygen atoms in total. The molecule has 0 fully saturated rings. The molecule has 0 aromatic heterocycles. The molecule has 0 saturated heterocycles. The van der Waals surface area contributed by atoms with Crippen LogP contribution in [0.4, 0.5) is 0 Å². The van der Waals surface area contributed by atoms with Crippen LogP contribution in [0, 0.1) is 11.3 Å². The minimum atomic E-state index is -0.237. The summed E-state index contributed by atoms with van der Waals surface area (Å²) in [4.78, 5) is 11.2. The number of hydrogen-bond acceptors (Lipinski definition) is 3. The third-order valence-electron chi connectivity index (χ3n) is 3.86. The van der Waals surface area contributed by atoms with Crippen molar-refractivity contribution in [1.82, 2.24) is 5.32 Å². The summed E-state index contributed by atoms with van der Waals surface area (Å²) in [5.41, 5.74) is 1.10. The summed E-state index contributed by atoms with van der Waals surface area (Å²) in [6, 6.07) is 23.8. The fourth-order valence-corrected chi connectivity index (χ4v) is 2.57. The van der Waals surface area contributed by atoms with E-state index >= 15 is 0 Å². The second-order valence-corrected chi connectivity index (χ2v) is 5.69. The Kier molecular flexibility index (Phi) is 5.28. The van der Waals surface area contributed by atoms with Gasteiger partial charge in [0.05, 0.1) is 6.07 Å². The highest BCUT2D eigenvalue weighted by Crippen LogP contribution is 2.25. The normalized spacial score (nSPS) is 10.2. The highest BCUT2D eigenvalue weighted by Gasteiger charge is 2.02. The Morgan fingerprint density at radius 1 is 0.960 bits per heavy atom. The van der Waals surface area contributed by atoms with Crippen LogP contribution in [0.1, 0.15) is 12.0 Å². The number of carbonyl (C=O) groups is 1. The summed E-state index contributed by atoms with van der Waals surface area (Å²) in [7, 11) is 0. The van der Waals surface area contributed by atoms with Crippen LogP contribution < -0.4 is 10.1 Å². The number of nitrogens with zero attached hydrogens (tertiary/aromatic N) is 1. The van der Waals surface area contributed by atoms with Crippen LogP contribution in [0.3, 0.4) is 0 Å². The van der Waals surface area contributed by atoms with Gasteiger partial charge in [-0.2, -0.15) is 5.26 Å². The van der Waals surface area contributed by atoms with Gasteiger partial charge in [0.25, 0.3) is 0 Å². The van der Waals surface area contributed by atoms with Crippen molar-refractivity contribution in [3.8, 4) is 17.6 Å². The molecular weight excluding hydrogens is 312 g/mol. The van der Waals surface area contributed by atoms with E-state index in [0.717, 1.165) is 22.4 Å². The lowest BCUT2D eigenvalue weighted by molar-refractivity contribution is -0.120. The summed E-state index contributed by atoms with van der Waals surface area (Å²) in [5.74, 6) is 1.33. The average molecular weight is 330 g/mol. The number of amides is 1. The first kappa shape index (κ1) is 16.5. The van der Waals surface area contributed by atoms with Crippen molar-refractivity contribution in [2.45, 2.75) is 12.8 Å². The van der Waals surface area contributed by atoms with Gasteiger partial charge >= 0.3 is 0 Å². The smallest absolute Gasteiger partial charge is 0.234 e. The van der Waals surface area contributed by atoms with Gasteiger partial charge in [-0.1, -0.05) is 42.5 Å². The first-order chi connectivity index (χ1) is 12.2. The zero-order valence-electron chi connectivity index (χ0n) is 13.7. The minimum Gasteiger partial charge on any atom is -0.457 e. The summed E-state index contributed by atoms with van der Waals surface area (Å²) >= 11 is 0. The van der Waals surface area contributed by atoms with E-state index in [-0.39, 0.29) is 12.3 Å². The second kappa shape index (κ2) is 7.98. The molecule has 4 heteroatoms. The van der Waals surface area contributed by atoms with E-state index in [0.29, 0.717) is 13.0 Å². The van der Waals surface area contributed by atoms with E-state index in [2.05, 4.69) is 17.4 Å².